The highest BCUT2D eigenvalue weighted by atomic mass is 19.1. The number of benzene rings is 2. The third kappa shape index (κ3) is 4.05. The Morgan fingerprint density at radius 1 is 0.892 bits per heavy atom. The van der Waals surface area contributed by atoms with Crippen LogP contribution in [0.25, 0.3) is 33.2 Å². The Labute approximate surface area is 215 Å². The van der Waals surface area contributed by atoms with Crippen molar-refractivity contribution in [2.45, 2.75) is 25.0 Å². The molecule has 37 heavy (non-hydrogen) atoms. The molecule has 0 spiro atoms. The zero-order valence-electron chi connectivity index (χ0n) is 20.6. The summed E-state index contributed by atoms with van der Waals surface area (Å²) in [6.07, 6.45) is 8.92. The molecule has 3 saturated heterocycles. The fourth-order valence-corrected chi connectivity index (χ4v) is 5.87. The Kier molecular flexibility index (Phi) is 5.25. The highest BCUT2D eigenvalue weighted by Crippen LogP contribution is 2.37. The van der Waals surface area contributed by atoms with Crippen molar-refractivity contribution in [3.05, 3.63) is 96.8 Å². The number of piperidine rings is 1. The molecular weight excluding hydrogens is 463 g/mol. The summed E-state index contributed by atoms with van der Waals surface area (Å²) in [7, 11) is 1.93. The van der Waals surface area contributed by atoms with Gasteiger partial charge in [-0.3, -0.25) is 14.6 Å². The summed E-state index contributed by atoms with van der Waals surface area (Å²) in [6.45, 7) is 2.70. The molecule has 3 fully saturated rings. The van der Waals surface area contributed by atoms with Gasteiger partial charge in [-0.1, -0.05) is 18.2 Å². The number of piperazine rings is 1. The van der Waals surface area contributed by atoms with Gasteiger partial charge in [-0.05, 0) is 65.6 Å². The summed E-state index contributed by atoms with van der Waals surface area (Å²) in [5.74, 6) is 0.846. The van der Waals surface area contributed by atoms with Crippen molar-refractivity contribution in [3.63, 3.8) is 0 Å². The zero-order valence-corrected chi connectivity index (χ0v) is 20.6. The number of rotatable bonds is 5. The number of hydrogen-bond donors (Lipinski definition) is 0. The van der Waals surface area contributed by atoms with Crippen LogP contribution in [-0.2, 0) is 13.6 Å². The molecule has 0 aliphatic carbocycles. The first-order valence-corrected chi connectivity index (χ1v) is 12.7. The van der Waals surface area contributed by atoms with Crippen molar-refractivity contribution >= 4 is 16.7 Å². The highest BCUT2D eigenvalue weighted by Gasteiger charge is 2.44. The minimum atomic E-state index is -0.163. The standard InChI is InChI=1S/C30H27FN6/c1-35-17-23(15-34-35)22-11-28(27-6-3-9-32-29(27)12-22)21-7-8-30(33-14-21)36-18-25-13-26(19-36)37(25)16-20-4-2-5-24(31)10-20/h2-12,14-15,17,25-26H,13,16,18-19H2,1H3. The summed E-state index contributed by atoms with van der Waals surface area (Å²) >= 11 is 0. The average molecular weight is 491 g/mol. The average Bonchev–Trinajstić information content (AvgIpc) is 3.37. The Bertz CT molecular complexity index is 1580. The maximum Gasteiger partial charge on any atom is 0.128 e. The van der Waals surface area contributed by atoms with E-state index in [1.807, 2.05) is 48.6 Å². The third-order valence-electron chi connectivity index (χ3n) is 7.74. The summed E-state index contributed by atoms with van der Waals surface area (Å²) in [4.78, 5) is 14.4. The second kappa shape index (κ2) is 8.78. The number of halogens is 1. The predicted molar refractivity (Wildman–Crippen MR) is 144 cm³/mol. The van der Waals surface area contributed by atoms with Crippen LogP contribution in [0.5, 0.6) is 0 Å². The van der Waals surface area contributed by atoms with E-state index in [-0.39, 0.29) is 5.82 Å². The molecule has 2 atom stereocenters. The summed E-state index contributed by atoms with van der Waals surface area (Å²) in [5, 5.41) is 5.45. The number of aryl methyl sites for hydroxylation is 1. The first-order chi connectivity index (χ1) is 18.1. The van der Waals surface area contributed by atoms with Gasteiger partial charge < -0.3 is 4.90 Å². The van der Waals surface area contributed by atoms with Crippen molar-refractivity contribution in [2.24, 2.45) is 7.05 Å². The van der Waals surface area contributed by atoms with Crippen molar-refractivity contribution < 1.29 is 4.39 Å². The van der Waals surface area contributed by atoms with Gasteiger partial charge in [-0.2, -0.15) is 5.10 Å². The third-order valence-corrected chi connectivity index (χ3v) is 7.74. The van der Waals surface area contributed by atoms with E-state index in [1.54, 1.807) is 12.1 Å². The molecule has 0 N–H and O–H groups in total. The molecule has 0 radical (unpaired) electrons. The van der Waals surface area contributed by atoms with E-state index in [9.17, 15) is 4.39 Å². The molecule has 2 unspecified atom stereocenters. The second-order valence-electron chi connectivity index (χ2n) is 10.2. The van der Waals surface area contributed by atoms with Gasteiger partial charge in [0.25, 0.3) is 0 Å². The Hall–Kier alpha value is -4.10. The number of fused-ring (bicyclic) bond motifs is 3. The molecule has 3 aromatic heterocycles. The molecule has 6 heterocycles. The van der Waals surface area contributed by atoms with Gasteiger partial charge in [0.2, 0.25) is 0 Å². The lowest BCUT2D eigenvalue weighted by Gasteiger charge is -2.56. The van der Waals surface area contributed by atoms with Gasteiger partial charge in [-0.15, -0.1) is 0 Å². The number of nitrogens with zero attached hydrogens (tertiary/aromatic N) is 6. The van der Waals surface area contributed by atoms with E-state index in [4.69, 9.17) is 4.98 Å². The second-order valence-corrected chi connectivity index (χ2v) is 10.2. The van der Waals surface area contributed by atoms with Crippen LogP contribution in [0.2, 0.25) is 0 Å². The van der Waals surface area contributed by atoms with Gasteiger partial charge in [0.05, 0.1) is 11.7 Å². The smallest absolute Gasteiger partial charge is 0.128 e. The number of aromatic nitrogens is 4. The van der Waals surface area contributed by atoms with Crippen LogP contribution in [0.15, 0.2) is 85.5 Å². The number of anilines is 1. The number of hydrogen-bond acceptors (Lipinski definition) is 5. The maximum atomic E-state index is 13.6. The molecular formula is C30H27FN6. The monoisotopic (exact) mass is 490 g/mol. The van der Waals surface area contributed by atoms with Crippen molar-refractivity contribution in [1.29, 1.82) is 0 Å². The van der Waals surface area contributed by atoms with E-state index < -0.39 is 0 Å². The quantitative estimate of drug-likeness (QED) is 0.335. The van der Waals surface area contributed by atoms with E-state index in [1.165, 1.54) is 12.5 Å². The van der Waals surface area contributed by atoms with Crippen LogP contribution < -0.4 is 4.90 Å². The molecule has 0 amide bonds. The molecule has 5 aromatic rings. The van der Waals surface area contributed by atoms with E-state index >= 15 is 0 Å². The molecule has 2 bridgehead atoms. The molecule has 3 aliphatic rings. The van der Waals surface area contributed by atoms with E-state index in [0.717, 1.165) is 64.2 Å². The van der Waals surface area contributed by atoms with Gasteiger partial charge in [0.1, 0.15) is 11.6 Å². The minimum absolute atomic E-state index is 0.163. The molecule has 6 nitrogen and oxygen atoms in total. The highest BCUT2D eigenvalue weighted by molar-refractivity contribution is 5.98. The van der Waals surface area contributed by atoms with Crippen LogP contribution >= 0.6 is 0 Å². The summed E-state index contributed by atoms with van der Waals surface area (Å²) in [5.41, 5.74) is 6.34. The van der Waals surface area contributed by atoms with E-state index in [2.05, 4.69) is 50.2 Å². The lowest BCUT2D eigenvalue weighted by Crippen LogP contribution is -2.68. The molecule has 2 aromatic carbocycles. The van der Waals surface area contributed by atoms with Crippen LogP contribution in [0.4, 0.5) is 10.2 Å². The summed E-state index contributed by atoms with van der Waals surface area (Å²) in [6, 6.07) is 20.6. The van der Waals surface area contributed by atoms with E-state index in [0.29, 0.717) is 12.1 Å². The lowest BCUT2D eigenvalue weighted by molar-refractivity contribution is -0.00874. The molecule has 3 aliphatic heterocycles. The lowest BCUT2D eigenvalue weighted by atomic mass is 9.86. The first kappa shape index (κ1) is 22.1. The molecule has 0 saturated carbocycles. The van der Waals surface area contributed by atoms with Crippen LogP contribution in [0.3, 0.4) is 0 Å². The molecule has 184 valence electrons. The normalized spacial score (nSPS) is 19.2. The van der Waals surface area contributed by atoms with Crippen molar-refractivity contribution in [3.8, 4) is 22.3 Å². The Morgan fingerprint density at radius 3 is 2.54 bits per heavy atom. The van der Waals surface area contributed by atoms with Gasteiger partial charge in [0.15, 0.2) is 0 Å². The van der Waals surface area contributed by atoms with Gasteiger partial charge in [0, 0.05) is 73.9 Å². The zero-order chi connectivity index (χ0) is 24.9. The number of pyridine rings is 2. The Balaban J connectivity index is 1.13. The maximum absolute atomic E-state index is 13.6. The van der Waals surface area contributed by atoms with Crippen LogP contribution in [0, 0.1) is 5.82 Å². The van der Waals surface area contributed by atoms with Crippen molar-refractivity contribution in [2.75, 3.05) is 18.0 Å². The fraction of sp³-hybridized carbons (Fsp3) is 0.233. The minimum Gasteiger partial charge on any atom is -0.353 e. The summed E-state index contributed by atoms with van der Waals surface area (Å²) < 4.78 is 15.4. The first-order valence-electron chi connectivity index (χ1n) is 12.7. The largest absolute Gasteiger partial charge is 0.353 e. The predicted octanol–water partition coefficient (Wildman–Crippen LogP) is 5.30. The van der Waals surface area contributed by atoms with Crippen molar-refractivity contribution in [1.82, 2.24) is 24.6 Å². The van der Waals surface area contributed by atoms with Crippen LogP contribution in [-0.4, -0.2) is 49.8 Å². The fourth-order valence-electron chi connectivity index (χ4n) is 5.87. The van der Waals surface area contributed by atoms with Gasteiger partial charge >= 0.3 is 0 Å². The van der Waals surface area contributed by atoms with Gasteiger partial charge in [-0.25, -0.2) is 9.37 Å². The SMILES string of the molecule is Cn1cc(-c2cc(-c3ccc(N4CC5CC(C4)N5Cc4cccc(F)c4)nc3)c3cccnc3c2)cn1. The molecule has 7 heteroatoms. The Morgan fingerprint density at radius 2 is 1.78 bits per heavy atom. The topological polar surface area (TPSA) is 50.1 Å². The van der Waals surface area contributed by atoms with Crippen LogP contribution in [0.1, 0.15) is 12.0 Å². The molecule has 8 rings (SSSR count).